The number of aromatic amines is 1. The highest BCUT2D eigenvalue weighted by Gasteiger charge is 2.22. The van der Waals surface area contributed by atoms with Gasteiger partial charge in [-0.25, -0.2) is 0 Å². The van der Waals surface area contributed by atoms with E-state index >= 15 is 0 Å². The second kappa shape index (κ2) is 7.44. The molecule has 140 valence electrons. The van der Waals surface area contributed by atoms with Crippen molar-refractivity contribution in [1.29, 1.82) is 0 Å². The minimum atomic E-state index is -0.174. The number of thiophene rings is 1. The number of aromatic nitrogens is 1. The van der Waals surface area contributed by atoms with Gasteiger partial charge in [0, 0.05) is 16.8 Å². The Bertz CT molecular complexity index is 1210. The zero-order chi connectivity index (χ0) is 19.7. The summed E-state index contributed by atoms with van der Waals surface area (Å²) in [6, 6.07) is 19.2. The smallest absolute Gasteiger partial charge is 0.268 e. The van der Waals surface area contributed by atoms with E-state index < -0.39 is 0 Å². The molecule has 0 saturated carbocycles. The first-order valence-corrected chi connectivity index (χ1v) is 9.94. The van der Waals surface area contributed by atoms with Crippen LogP contribution in [0.15, 0.2) is 70.8 Å². The minimum Gasteiger partial charge on any atom is -0.322 e. The molecule has 0 atom stereocenters. The van der Waals surface area contributed by atoms with Crippen LogP contribution in [-0.2, 0) is 6.54 Å². The molecule has 4 nitrogen and oxygen atoms in total. The second-order valence-corrected chi connectivity index (χ2v) is 7.82. The number of H-pyrrole nitrogens is 1. The first-order chi connectivity index (χ1) is 13.5. The fourth-order valence-electron chi connectivity index (χ4n) is 3.39. The van der Waals surface area contributed by atoms with E-state index in [0.717, 1.165) is 27.7 Å². The van der Waals surface area contributed by atoms with Crippen LogP contribution in [0.3, 0.4) is 0 Å². The van der Waals surface area contributed by atoms with Gasteiger partial charge in [-0.05, 0) is 54.4 Å². The predicted molar refractivity (Wildman–Crippen MR) is 115 cm³/mol. The molecule has 1 N–H and O–H groups in total. The maximum absolute atomic E-state index is 13.2. The number of pyridine rings is 1. The third-order valence-corrected chi connectivity index (χ3v) is 5.64. The fourth-order valence-corrected chi connectivity index (χ4v) is 4.06. The molecule has 2 heterocycles. The van der Waals surface area contributed by atoms with E-state index in [1.165, 1.54) is 11.3 Å². The number of benzene rings is 2. The molecule has 4 aromatic rings. The van der Waals surface area contributed by atoms with Crippen LogP contribution >= 0.6 is 11.3 Å². The van der Waals surface area contributed by atoms with Crippen LogP contribution in [-0.4, -0.2) is 10.9 Å². The van der Waals surface area contributed by atoms with Crippen LogP contribution in [0.1, 0.15) is 26.4 Å². The summed E-state index contributed by atoms with van der Waals surface area (Å²) in [5.41, 5.74) is 4.13. The average Bonchev–Trinajstić information content (AvgIpc) is 3.21. The van der Waals surface area contributed by atoms with E-state index in [1.54, 1.807) is 4.90 Å². The number of para-hydroxylation sites is 1. The van der Waals surface area contributed by atoms with E-state index in [1.807, 2.05) is 73.8 Å². The summed E-state index contributed by atoms with van der Waals surface area (Å²) in [7, 11) is 0. The van der Waals surface area contributed by atoms with Crippen LogP contribution in [0.4, 0.5) is 5.69 Å². The van der Waals surface area contributed by atoms with Gasteiger partial charge in [-0.15, -0.1) is 11.3 Å². The third-order valence-electron chi connectivity index (χ3n) is 4.78. The van der Waals surface area contributed by atoms with Gasteiger partial charge in [0.1, 0.15) is 0 Å². The van der Waals surface area contributed by atoms with Crippen LogP contribution < -0.4 is 10.5 Å². The van der Waals surface area contributed by atoms with Gasteiger partial charge in [-0.3, -0.25) is 9.59 Å². The first kappa shape index (κ1) is 18.2. The molecule has 5 heteroatoms. The Labute approximate surface area is 167 Å². The van der Waals surface area contributed by atoms with Gasteiger partial charge in [0.15, 0.2) is 0 Å². The van der Waals surface area contributed by atoms with Gasteiger partial charge in [0.25, 0.3) is 11.5 Å². The van der Waals surface area contributed by atoms with Gasteiger partial charge in [0.2, 0.25) is 0 Å². The van der Waals surface area contributed by atoms with Gasteiger partial charge < -0.3 is 9.88 Å². The number of rotatable bonds is 4. The highest BCUT2D eigenvalue weighted by Crippen LogP contribution is 2.26. The topological polar surface area (TPSA) is 53.2 Å². The van der Waals surface area contributed by atoms with Crippen molar-refractivity contribution in [2.45, 2.75) is 20.4 Å². The van der Waals surface area contributed by atoms with Crippen LogP contribution in [0.25, 0.3) is 10.9 Å². The van der Waals surface area contributed by atoms with Crippen molar-refractivity contribution in [2.24, 2.45) is 0 Å². The second-order valence-electron chi connectivity index (χ2n) is 6.87. The summed E-state index contributed by atoms with van der Waals surface area (Å²) < 4.78 is 0. The summed E-state index contributed by atoms with van der Waals surface area (Å²) in [5.74, 6) is -0.102. The van der Waals surface area contributed by atoms with Gasteiger partial charge in [-0.1, -0.05) is 42.0 Å². The Balaban J connectivity index is 1.81. The molecule has 28 heavy (non-hydrogen) atoms. The van der Waals surface area contributed by atoms with Crippen molar-refractivity contribution in [1.82, 2.24) is 4.98 Å². The highest BCUT2D eigenvalue weighted by atomic mass is 32.1. The summed E-state index contributed by atoms with van der Waals surface area (Å²) in [4.78, 5) is 31.2. The lowest BCUT2D eigenvalue weighted by atomic mass is 10.1. The van der Waals surface area contributed by atoms with Crippen molar-refractivity contribution in [3.05, 3.63) is 98.0 Å². The maximum atomic E-state index is 13.2. The molecule has 0 aliphatic heterocycles. The number of nitrogens with one attached hydrogen (secondary N) is 1. The molecule has 0 aliphatic rings. The van der Waals surface area contributed by atoms with Gasteiger partial charge in [-0.2, -0.15) is 0 Å². The Hall–Kier alpha value is -3.18. The van der Waals surface area contributed by atoms with E-state index in [0.29, 0.717) is 10.4 Å². The first-order valence-electron chi connectivity index (χ1n) is 9.06. The Kier molecular flexibility index (Phi) is 4.84. The number of anilines is 1. The molecule has 0 aliphatic carbocycles. The van der Waals surface area contributed by atoms with Crippen LogP contribution in [0, 0.1) is 13.8 Å². The number of amides is 1. The van der Waals surface area contributed by atoms with E-state index in [9.17, 15) is 9.59 Å². The number of fused-ring (bicyclic) bond motifs is 1. The highest BCUT2D eigenvalue weighted by molar-refractivity contribution is 7.12. The molecule has 0 saturated heterocycles. The van der Waals surface area contributed by atoms with E-state index in [-0.39, 0.29) is 18.0 Å². The Morgan fingerprint density at radius 2 is 1.86 bits per heavy atom. The van der Waals surface area contributed by atoms with E-state index in [2.05, 4.69) is 11.1 Å². The number of hydrogen-bond donors (Lipinski definition) is 1. The van der Waals surface area contributed by atoms with Crippen molar-refractivity contribution >= 4 is 33.8 Å². The van der Waals surface area contributed by atoms with Gasteiger partial charge >= 0.3 is 0 Å². The molecule has 0 bridgehead atoms. The van der Waals surface area contributed by atoms with Gasteiger partial charge in [0.05, 0.1) is 11.4 Å². The number of hydrogen-bond acceptors (Lipinski definition) is 3. The molecular weight excluding hydrogens is 368 g/mol. The summed E-state index contributed by atoms with van der Waals surface area (Å²) in [5, 5.41) is 2.83. The summed E-state index contributed by atoms with van der Waals surface area (Å²) in [6.45, 7) is 4.22. The largest absolute Gasteiger partial charge is 0.322 e. The standard InChI is InChI=1S/C23H20N2O2S/c1-15-9-10-20(16(2)12-15)25(23(27)21-8-5-11-28-21)14-18-13-17-6-3-4-7-19(17)24-22(18)26/h3-13H,14H2,1-2H3,(H,24,26). The third kappa shape index (κ3) is 3.49. The molecule has 0 radical (unpaired) electrons. The normalized spacial score (nSPS) is 10.9. The quantitative estimate of drug-likeness (QED) is 0.532. The lowest BCUT2D eigenvalue weighted by Crippen LogP contribution is -2.33. The SMILES string of the molecule is Cc1ccc(N(Cc2cc3ccccc3[nH]c2=O)C(=O)c2cccs2)c(C)c1. The fraction of sp³-hybridized carbons (Fsp3) is 0.130. The lowest BCUT2D eigenvalue weighted by Gasteiger charge is -2.24. The molecule has 4 rings (SSSR count). The van der Waals surface area contributed by atoms with Crippen molar-refractivity contribution < 1.29 is 4.79 Å². The molecule has 2 aromatic heterocycles. The molecule has 0 unspecified atom stereocenters. The molecular formula is C23H20N2O2S. The molecule has 0 spiro atoms. The number of aryl methyl sites for hydroxylation is 2. The van der Waals surface area contributed by atoms with Crippen molar-refractivity contribution in [3.8, 4) is 0 Å². The van der Waals surface area contributed by atoms with Crippen LogP contribution in [0.2, 0.25) is 0 Å². The predicted octanol–water partition coefficient (Wildman–Crippen LogP) is 5.05. The molecule has 1 amide bonds. The monoisotopic (exact) mass is 388 g/mol. The summed E-state index contributed by atoms with van der Waals surface area (Å²) in [6.07, 6.45) is 0. The zero-order valence-corrected chi connectivity index (χ0v) is 16.5. The Morgan fingerprint density at radius 3 is 2.61 bits per heavy atom. The zero-order valence-electron chi connectivity index (χ0n) is 15.7. The van der Waals surface area contributed by atoms with Crippen molar-refractivity contribution in [3.63, 3.8) is 0 Å². The molecule has 2 aromatic carbocycles. The number of nitrogens with zero attached hydrogens (tertiary/aromatic N) is 1. The molecule has 0 fully saturated rings. The minimum absolute atomic E-state index is 0.102. The number of carbonyl (C=O) groups is 1. The van der Waals surface area contributed by atoms with E-state index in [4.69, 9.17) is 0 Å². The Morgan fingerprint density at radius 1 is 1.04 bits per heavy atom. The maximum Gasteiger partial charge on any atom is 0.268 e. The average molecular weight is 388 g/mol. The van der Waals surface area contributed by atoms with Crippen LogP contribution in [0.5, 0.6) is 0 Å². The number of carbonyl (C=O) groups excluding carboxylic acids is 1. The lowest BCUT2D eigenvalue weighted by molar-refractivity contribution is 0.0989. The summed E-state index contributed by atoms with van der Waals surface area (Å²) >= 11 is 1.40. The van der Waals surface area contributed by atoms with Crippen molar-refractivity contribution in [2.75, 3.05) is 4.90 Å².